The van der Waals surface area contributed by atoms with Crippen LogP contribution >= 0.6 is 0 Å². The van der Waals surface area contributed by atoms with Gasteiger partial charge in [0.1, 0.15) is 18.3 Å². The summed E-state index contributed by atoms with van der Waals surface area (Å²) < 4.78 is 12.6. The molecule has 0 amide bonds. The van der Waals surface area contributed by atoms with Gasteiger partial charge in [0.2, 0.25) is 0 Å². The highest BCUT2D eigenvalue weighted by molar-refractivity contribution is 5.13. The molecule has 0 N–H and O–H groups in total. The van der Waals surface area contributed by atoms with Crippen molar-refractivity contribution in [1.82, 2.24) is 29.6 Å². The van der Waals surface area contributed by atoms with Crippen molar-refractivity contribution in [3.63, 3.8) is 0 Å². The summed E-state index contributed by atoms with van der Waals surface area (Å²) in [6.45, 7) is 2.58. The Morgan fingerprint density at radius 1 is 1.29 bits per heavy atom. The van der Waals surface area contributed by atoms with Crippen molar-refractivity contribution in [2.24, 2.45) is 7.05 Å². The van der Waals surface area contributed by atoms with Crippen LogP contribution in [0, 0.1) is 0 Å². The lowest BCUT2D eigenvalue weighted by atomic mass is 10.3. The van der Waals surface area contributed by atoms with Gasteiger partial charge < -0.3 is 9.47 Å². The third-order valence-corrected chi connectivity index (χ3v) is 3.51. The Balaban J connectivity index is 1.53. The number of methoxy groups -OCH3 is 1. The van der Waals surface area contributed by atoms with E-state index in [9.17, 15) is 0 Å². The van der Waals surface area contributed by atoms with Crippen molar-refractivity contribution in [3.05, 3.63) is 24.5 Å². The molecule has 0 bridgehead atoms. The van der Waals surface area contributed by atoms with Gasteiger partial charge in [-0.1, -0.05) is 0 Å². The van der Waals surface area contributed by atoms with Crippen molar-refractivity contribution >= 4 is 0 Å². The summed E-state index contributed by atoms with van der Waals surface area (Å²) in [6, 6.07) is 0.390. The van der Waals surface area contributed by atoms with Crippen LogP contribution in [0.5, 0.6) is 11.8 Å². The molecular formula is C13H18N6O2. The molecule has 0 spiro atoms. The number of nitrogens with zero attached hydrogens (tertiary/aromatic N) is 6. The molecule has 0 saturated carbocycles. The van der Waals surface area contributed by atoms with E-state index in [4.69, 9.17) is 9.47 Å². The van der Waals surface area contributed by atoms with Crippen LogP contribution in [0.1, 0.15) is 12.2 Å². The van der Waals surface area contributed by atoms with Crippen molar-refractivity contribution < 1.29 is 9.47 Å². The first-order chi connectivity index (χ1) is 10.2. The number of hydrogen-bond acceptors (Lipinski definition) is 7. The minimum atomic E-state index is 0.103. The average molecular weight is 290 g/mol. The van der Waals surface area contributed by atoms with Crippen LogP contribution in [-0.4, -0.2) is 55.9 Å². The highest BCUT2D eigenvalue weighted by Crippen LogP contribution is 2.17. The normalized spacial score (nSPS) is 18.9. The summed E-state index contributed by atoms with van der Waals surface area (Å²) in [4.78, 5) is 14.8. The predicted molar refractivity (Wildman–Crippen MR) is 73.9 cm³/mol. The quantitative estimate of drug-likeness (QED) is 0.782. The maximum absolute atomic E-state index is 5.79. The van der Waals surface area contributed by atoms with Crippen LogP contribution < -0.4 is 9.47 Å². The largest absolute Gasteiger partial charge is 0.494 e. The molecule has 2 aromatic heterocycles. The molecule has 8 nitrogen and oxygen atoms in total. The first-order valence-electron chi connectivity index (χ1n) is 6.82. The van der Waals surface area contributed by atoms with Gasteiger partial charge in [0.25, 0.3) is 0 Å². The third-order valence-electron chi connectivity index (χ3n) is 3.51. The first kappa shape index (κ1) is 13.7. The summed E-state index contributed by atoms with van der Waals surface area (Å²) in [6.07, 6.45) is 5.84. The molecule has 0 aliphatic carbocycles. The van der Waals surface area contributed by atoms with Crippen LogP contribution in [-0.2, 0) is 13.6 Å². The molecule has 1 saturated heterocycles. The second-order valence-corrected chi connectivity index (χ2v) is 4.97. The van der Waals surface area contributed by atoms with E-state index < -0.39 is 0 Å². The Morgan fingerprint density at radius 3 is 2.76 bits per heavy atom. The lowest BCUT2D eigenvalue weighted by Crippen LogP contribution is -2.26. The van der Waals surface area contributed by atoms with E-state index in [2.05, 4.69) is 25.0 Å². The highest BCUT2D eigenvalue weighted by atomic mass is 16.5. The maximum Gasteiger partial charge on any atom is 0.316 e. The van der Waals surface area contributed by atoms with Gasteiger partial charge in [-0.25, -0.2) is 4.98 Å². The van der Waals surface area contributed by atoms with Gasteiger partial charge in [-0.05, 0) is 6.42 Å². The van der Waals surface area contributed by atoms with Crippen molar-refractivity contribution in [2.45, 2.75) is 19.1 Å². The van der Waals surface area contributed by atoms with Gasteiger partial charge in [0, 0.05) is 20.1 Å². The zero-order chi connectivity index (χ0) is 14.7. The summed E-state index contributed by atoms with van der Waals surface area (Å²) in [5.41, 5.74) is 0. The van der Waals surface area contributed by atoms with E-state index in [1.54, 1.807) is 30.5 Å². The van der Waals surface area contributed by atoms with Crippen LogP contribution in [0.25, 0.3) is 0 Å². The highest BCUT2D eigenvalue weighted by Gasteiger charge is 2.25. The molecular weight excluding hydrogens is 272 g/mol. The van der Waals surface area contributed by atoms with Gasteiger partial charge in [0.15, 0.2) is 5.75 Å². The second kappa shape index (κ2) is 6.04. The molecule has 3 heterocycles. The molecule has 3 rings (SSSR count). The van der Waals surface area contributed by atoms with E-state index in [1.165, 1.54) is 0 Å². The van der Waals surface area contributed by atoms with E-state index in [0.29, 0.717) is 11.8 Å². The fourth-order valence-corrected chi connectivity index (χ4v) is 2.32. The summed E-state index contributed by atoms with van der Waals surface area (Å²) in [5, 5.41) is 4.08. The zero-order valence-electron chi connectivity index (χ0n) is 12.1. The Kier molecular flexibility index (Phi) is 3.96. The molecule has 21 heavy (non-hydrogen) atoms. The molecule has 8 heteroatoms. The van der Waals surface area contributed by atoms with Crippen molar-refractivity contribution in [1.29, 1.82) is 0 Å². The first-order valence-corrected chi connectivity index (χ1v) is 6.82. The number of rotatable bonds is 5. The number of likely N-dealkylation sites (tertiary alicyclic amines) is 1. The maximum atomic E-state index is 5.79. The molecule has 1 fully saturated rings. The Hall–Kier alpha value is -2.22. The van der Waals surface area contributed by atoms with Crippen molar-refractivity contribution in [3.8, 4) is 11.8 Å². The number of ether oxygens (including phenoxy) is 2. The van der Waals surface area contributed by atoms with E-state index in [1.807, 2.05) is 7.05 Å². The van der Waals surface area contributed by atoms with Crippen LogP contribution in [0.3, 0.4) is 0 Å². The monoisotopic (exact) mass is 290 g/mol. The zero-order valence-corrected chi connectivity index (χ0v) is 12.1. The molecule has 0 radical (unpaired) electrons. The number of aryl methyl sites for hydroxylation is 1. The van der Waals surface area contributed by atoms with E-state index in [0.717, 1.165) is 31.9 Å². The average Bonchev–Trinajstić information content (AvgIpc) is 3.10. The Bertz CT molecular complexity index is 585. The molecule has 1 aliphatic heterocycles. The van der Waals surface area contributed by atoms with Gasteiger partial charge in [-0.2, -0.15) is 15.1 Å². The molecule has 2 aromatic rings. The number of hydrogen-bond donors (Lipinski definition) is 0. The minimum Gasteiger partial charge on any atom is -0.494 e. The smallest absolute Gasteiger partial charge is 0.316 e. The molecule has 112 valence electrons. The van der Waals surface area contributed by atoms with Gasteiger partial charge in [0.05, 0.1) is 26.0 Å². The standard InChI is InChI=1S/C13H18N6O2/c1-18-12(16-9-17-18)8-19-4-3-10(7-19)21-13-14-5-11(20-2)6-15-13/h5-6,9-10H,3-4,7-8H2,1-2H3. The van der Waals surface area contributed by atoms with E-state index in [-0.39, 0.29) is 6.10 Å². The fraction of sp³-hybridized carbons (Fsp3) is 0.538. The Morgan fingerprint density at radius 2 is 2.10 bits per heavy atom. The molecule has 1 atom stereocenters. The lowest BCUT2D eigenvalue weighted by molar-refractivity contribution is 0.181. The van der Waals surface area contributed by atoms with Gasteiger partial charge in [-0.15, -0.1) is 0 Å². The fourth-order valence-electron chi connectivity index (χ4n) is 2.32. The van der Waals surface area contributed by atoms with Crippen LogP contribution in [0.2, 0.25) is 0 Å². The van der Waals surface area contributed by atoms with Gasteiger partial charge >= 0.3 is 6.01 Å². The molecule has 0 aromatic carbocycles. The SMILES string of the molecule is COc1cnc(OC2CCN(Cc3ncnn3C)C2)nc1. The van der Waals surface area contributed by atoms with Crippen LogP contribution in [0.4, 0.5) is 0 Å². The summed E-state index contributed by atoms with van der Waals surface area (Å²) in [7, 11) is 3.48. The predicted octanol–water partition coefficient (Wildman–Crippen LogP) is 0.267. The minimum absolute atomic E-state index is 0.103. The second-order valence-electron chi connectivity index (χ2n) is 4.97. The summed E-state index contributed by atoms with van der Waals surface area (Å²) >= 11 is 0. The molecule has 1 aliphatic rings. The third kappa shape index (κ3) is 3.27. The Labute approximate surface area is 122 Å². The number of aromatic nitrogens is 5. The topological polar surface area (TPSA) is 78.2 Å². The van der Waals surface area contributed by atoms with Crippen LogP contribution in [0.15, 0.2) is 18.7 Å². The van der Waals surface area contributed by atoms with Crippen molar-refractivity contribution in [2.75, 3.05) is 20.2 Å². The molecule has 1 unspecified atom stereocenters. The van der Waals surface area contributed by atoms with Gasteiger partial charge in [-0.3, -0.25) is 9.58 Å². The lowest BCUT2D eigenvalue weighted by Gasteiger charge is -2.15. The summed E-state index contributed by atoms with van der Waals surface area (Å²) in [5.74, 6) is 1.58. The van der Waals surface area contributed by atoms with E-state index >= 15 is 0 Å².